The number of ether oxygens (including phenoxy) is 2. The second kappa shape index (κ2) is 8.68. The summed E-state index contributed by atoms with van der Waals surface area (Å²) in [7, 11) is 3.38. The molecule has 1 aliphatic rings. The first kappa shape index (κ1) is 20.7. The number of rotatable bonds is 5. The van der Waals surface area contributed by atoms with Crippen molar-refractivity contribution in [1.82, 2.24) is 9.47 Å². The molecule has 1 aliphatic heterocycles. The van der Waals surface area contributed by atoms with Crippen molar-refractivity contribution in [2.45, 2.75) is 19.4 Å². The number of pyridine rings is 1. The monoisotopic (exact) mass is 418 g/mol. The molecule has 1 atom stereocenters. The fourth-order valence-electron chi connectivity index (χ4n) is 3.80. The van der Waals surface area contributed by atoms with E-state index in [9.17, 15) is 9.59 Å². The lowest BCUT2D eigenvalue weighted by Crippen LogP contribution is -2.31. The number of carbonyl (C=O) groups excluding carboxylic acids is 1. The van der Waals surface area contributed by atoms with Crippen molar-refractivity contribution >= 4 is 5.91 Å². The fourth-order valence-corrected chi connectivity index (χ4v) is 3.80. The van der Waals surface area contributed by atoms with Gasteiger partial charge in [-0.3, -0.25) is 9.59 Å². The number of nitrogens with zero attached hydrogens (tertiary/aromatic N) is 2. The summed E-state index contributed by atoms with van der Waals surface area (Å²) in [6.45, 7) is 3.00. The van der Waals surface area contributed by atoms with Crippen LogP contribution in [0.25, 0.3) is 11.1 Å². The van der Waals surface area contributed by atoms with Crippen molar-refractivity contribution in [3.8, 4) is 22.6 Å². The molecule has 1 aromatic heterocycles. The van der Waals surface area contributed by atoms with Crippen LogP contribution in [-0.2, 0) is 7.05 Å². The number of hydrogen-bond donors (Lipinski definition) is 0. The molecule has 4 rings (SSSR count). The van der Waals surface area contributed by atoms with Crippen molar-refractivity contribution in [3.63, 3.8) is 0 Å². The summed E-state index contributed by atoms with van der Waals surface area (Å²) in [6.07, 6.45) is 0.619. The van der Waals surface area contributed by atoms with Gasteiger partial charge in [0.25, 0.3) is 11.5 Å². The summed E-state index contributed by atoms with van der Waals surface area (Å²) in [4.78, 5) is 26.7. The van der Waals surface area contributed by atoms with Crippen molar-refractivity contribution < 1.29 is 14.3 Å². The Kier molecular flexibility index (Phi) is 5.80. The molecular weight excluding hydrogens is 392 g/mol. The third kappa shape index (κ3) is 4.48. The van der Waals surface area contributed by atoms with E-state index in [1.165, 1.54) is 6.07 Å². The van der Waals surface area contributed by atoms with E-state index in [0.717, 1.165) is 29.0 Å². The highest BCUT2D eigenvalue weighted by molar-refractivity contribution is 5.95. The molecule has 1 unspecified atom stereocenters. The molecule has 0 bridgehead atoms. The summed E-state index contributed by atoms with van der Waals surface area (Å²) in [5.74, 6) is 1.35. The molecule has 0 saturated carbocycles. The molecule has 2 heterocycles. The highest BCUT2D eigenvalue weighted by Crippen LogP contribution is 2.25. The normalized spacial score (nSPS) is 15.7. The lowest BCUT2D eigenvalue weighted by atomic mass is 10.0. The predicted molar refractivity (Wildman–Crippen MR) is 120 cm³/mol. The molecule has 160 valence electrons. The molecule has 6 nitrogen and oxygen atoms in total. The number of hydrogen-bond acceptors (Lipinski definition) is 4. The number of amides is 1. The van der Waals surface area contributed by atoms with Crippen LogP contribution in [0.5, 0.6) is 11.5 Å². The van der Waals surface area contributed by atoms with E-state index in [1.807, 2.05) is 61.5 Å². The van der Waals surface area contributed by atoms with Gasteiger partial charge in [0, 0.05) is 37.3 Å². The van der Waals surface area contributed by atoms with Gasteiger partial charge in [0.05, 0.1) is 13.7 Å². The number of benzene rings is 2. The Morgan fingerprint density at radius 1 is 1.00 bits per heavy atom. The Hall–Kier alpha value is -3.54. The Bertz CT molecular complexity index is 1150. The summed E-state index contributed by atoms with van der Waals surface area (Å²) >= 11 is 0. The number of carbonyl (C=O) groups is 1. The average molecular weight is 418 g/mol. The summed E-state index contributed by atoms with van der Waals surface area (Å²) < 4.78 is 12.8. The second-order valence-electron chi connectivity index (χ2n) is 7.82. The zero-order chi connectivity index (χ0) is 22.0. The maximum absolute atomic E-state index is 12.9. The SMILES string of the molecule is COc1cccc(-c2ccc(C(=O)N3CCC(Oc4cc(C)n(C)c(=O)c4)C3)cc2)c1. The van der Waals surface area contributed by atoms with Gasteiger partial charge in [0.2, 0.25) is 0 Å². The lowest BCUT2D eigenvalue weighted by molar-refractivity contribution is 0.0772. The first-order chi connectivity index (χ1) is 14.9. The first-order valence-electron chi connectivity index (χ1n) is 10.3. The van der Waals surface area contributed by atoms with Gasteiger partial charge in [0.15, 0.2) is 0 Å². The molecule has 0 radical (unpaired) electrons. The maximum atomic E-state index is 12.9. The highest BCUT2D eigenvalue weighted by atomic mass is 16.5. The van der Waals surface area contributed by atoms with Crippen LogP contribution in [0, 0.1) is 6.92 Å². The summed E-state index contributed by atoms with van der Waals surface area (Å²) in [5.41, 5.74) is 3.45. The summed E-state index contributed by atoms with van der Waals surface area (Å²) in [5, 5.41) is 0. The van der Waals surface area contributed by atoms with E-state index in [-0.39, 0.29) is 17.6 Å². The minimum atomic E-state index is -0.119. The Morgan fingerprint density at radius 2 is 1.77 bits per heavy atom. The molecule has 1 amide bonds. The van der Waals surface area contributed by atoms with Crippen molar-refractivity contribution in [3.05, 3.63) is 82.3 Å². The van der Waals surface area contributed by atoms with Gasteiger partial charge >= 0.3 is 0 Å². The fraction of sp³-hybridized carbons (Fsp3) is 0.280. The molecule has 1 fully saturated rings. The first-order valence-corrected chi connectivity index (χ1v) is 10.3. The minimum absolute atomic E-state index is 0.0107. The van der Waals surface area contributed by atoms with Gasteiger partial charge < -0.3 is 18.9 Å². The molecule has 3 aromatic rings. The van der Waals surface area contributed by atoms with Gasteiger partial charge in [-0.2, -0.15) is 0 Å². The van der Waals surface area contributed by atoms with E-state index in [0.29, 0.717) is 24.4 Å². The summed E-state index contributed by atoms with van der Waals surface area (Å²) in [6, 6.07) is 18.8. The van der Waals surface area contributed by atoms with Gasteiger partial charge in [-0.05, 0) is 48.4 Å². The quantitative estimate of drug-likeness (QED) is 0.634. The van der Waals surface area contributed by atoms with Crippen LogP contribution >= 0.6 is 0 Å². The van der Waals surface area contributed by atoms with Gasteiger partial charge in [0.1, 0.15) is 17.6 Å². The number of aromatic nitrogens is 1. The van der Waals surface area contributed by atoms with Crippen LogP contribution in [0.15, 0.2) is 65.5 Å². The van der Waals surface area contributed by atoms with Crippen molar-refractivity contribution in [2.24, 2.45) is 7.05 Å². The topological polar surface area (TPSA) is 60.8 Å². The standard InChI is InChI=1S/C25H26N2O4/c1-17-13-23(15-24(28)26(17)2)31-22-11-12-27(16-22)25(29)19-9-7-18(8-10-19)20-5-4-6-21(14-20)30-3/h4-10,13-15,22H,11-12,16H2,1-3H3. The van der Waals surface area contributed by atoms with Crippen molar-refractivity contribution in [1.29, 1.82) is 0 Å². The molecule has 0 spiro atoms. The smallest absolute Gasteiger partial charge is 0.254 e. The van der Waals surface area contributed by atoms with Crippen LogP contribution in [0.3, 0.4) is 0 Å². The van der Waals surface area contributed by atoms with Crippen LogP contribution in [0.2, 0.25) is 0 Å². The Balaban J connectivity index is 1.41. The third-order valence-electron chi connectivity index (χ3n) is 5.75. The van der Waals surface area contributed by atoms with E-state index >= 15 is 0 Å². The van der Waals surface area contributed by atoms with Crippen LogP contribution in [0.1, 0.15) is 22.5 Å². The Labute approximate surface area is 181 Å². The Morgan fingerprint density at radius 3 is 2.48 bits per heavy atom. The molecule has 0 N–H and O–H groups in total. The lowest BCUT2D eigenvalue weighted by Gasteiger charge is -2.18. The molecular formula is C25H26N2O4. The largest absolute Gasteiger partial charge is 0.497 e. The van der Waals surface area contributed by atoms with Crippen LogP contribution in [0.4, 0.5) is 0 Å². The van der Waals surface area contributed by atoms with E-state index in [1.54, 1.807) is 23.6 Å². The molecule has 31 heavy (non-hydrogen) atoms. The van der Waals surface area contributed by atoms with Crippen LogP contribution in [-0.4, -0.2) is 41.7 Å². The average Bonchev–Trinajstić information content (AvgIpc) is 3.25. The highest BCUT2D eigenvalue weighted by Gasteiger charge is 2.28. The predicted octanol–water partition coefficient (Wildman–Crippen LogP) is 3.66. The third-order valence-corrected chi connectivity index (χ3v) is 5.75. The second-order valence-corrected chi connectivity index (χ2v) is 7.82. The molecule has 1 saturated heterocycles. The zero-order valence-corrected chi connectivity index (χ0v) is 18.0. The number of aryl methyl sites for hydroxylation is 1. The van der Waals surface area contributed by atoms with Crippen molar-refractivity contribution in [2.75, 3.05) is 20.2 Å². The van der Waals surface area contributed by atoms with E-state index in [4.69, 9.17) is 9.47 Å². The molecule has 0 aliphatic carbocycles. The van der Waals surface area contributed by atoms with Crippen LogP contribution < -0.4 is 15.0 Å². The van der Waals surface area contributed by atoms with E-state index in [2.05, 4.69) is 0 Å². The van der Waals surface area contributed by atoms with Gasteiger partial charge in [-0.15, -0.1) is 0 Å². The zero-order valence-electron chi connectivity index (χ0n) is 18.0. The van der Waals surface area contributed by atoms with Gasteiger partial charge in [-0.1, -0.05) is 24.3 Å². The number of methoxy groups -OCH3 is 1. The number of likely N-dealkylation sites (tertiary alicyclic amines) is 1. The molecule has 2 aromatic carbocycles. The van der Waals surface area contributed by atoms with E-state index < -0.39 is 0 Å². The van der Waals surface area contributed by atoms with Gasteiger partial charge in [-0.25, -0.2) is 0 Å². The maximum Gasteiger partial charge on any atom is 0.254 e. The molecule has 6 heteroatoms. The minimum Gasteiger partial charge on any atom is -0.497 e.